The molecule has 1 fully saturated rings. The van der Waals surface area contributed by atoms with E-state index in [1.165, 1.54) is 25.9 Å². The number of benzene rings is 1. The molecule has 0 aliphatic carbocycles. The quantitative estimate of drug-likeness (QED) is 0.854. The Balaban J connectivity index is 1.91. The Bertz CT molecular complexity index is 638. The van der Waals surface area contributed by atoms with Crippen LogP contribution in [0, 0.1) is 10.7 Å². The van der Waals surface area contributed by atoms with Crippen molar-refractivity contribution in [2.75, 3.05) is 20.1 Å². The van der Waals surface area contributed by atoms with Gasteiger partial charge in [0, 0.05) is 6.54 Å². The molecule has 1 aliphatic rings. The van der Waals surface area contributed by atoms with Gasteiger partial charge in [-0.1, -0.05) is 17.7 Å². The fourth-order valence-corrected chi connectivity index (χ4v) is 3.32. The van der Waals surface area contributed by atoms with E-state index in [1.54, 1.807) is 0 Å². The molecule has 102 valence electrons. The molecule has 0 saturated carbocycles. The van der Waals surface area contributed by atoms with Crippen LogP contribution < -0.4 is 0 Å². The lowest BCUT2D eigenvalue weighted by Crippen LogP contribution is -2.31. The number of halogens is 1. The van der Waals surface area contributed by atoms with Crippen LogP contribution >= 0.6 is 23.8 Å². The maximum atomic E-state index is 6.21. The van der Waals surface area contributed by atoms with Crippen LogP contribution in [0.15, 0.2) is 18.2 Å². The summed E-state index contributed by atoms with van der Waals surface area (Å²) >= 11 is 11.6. The Morgan fingerprint density at radius 1 is 1.37 bits per heavy atom. The molecule has 0 spiro atoms. The molecule has 0 radical (unpaired) electrons. The standard InChI is InChI=1S/C14H18ClN3S/c1-17-7-5-10(6-8-17)9-18-12-4-2-3-11(15)13(12)16-14(18)19/h2-4,10H,5-9H2,1H3,(H,16,19). The highest BCUT2D eigenvalue weighted by molar-refractivity contribution is 7.71. The third-order valence-electron chi connectivity index (χ3n) is 4.04. The van der Waals surface area contributed by atoms with Crippen molar-refractivity contribution >= 4 is 34.9 Å². The van der Waals surface area contributed by atoms with Crippen molar-refractivity contribution in [3.8, 4) is 0 Å². The predicted molar refractivity (Wildman–Crippen MR) is 82.4 cm³/mol. The van der Waals surface area contributed by atoms with E-state index in [9.17, 15) is 0 Å². The molecule has 1 aromatic heterocycles. The van der Waals surface area contributed by atoms with E-state index in [2.05, 4.69) is 27.6 Å². The Kier molecular flexibility index (Phi) is 3.65. The second-order valence-corrected chi connectivity index (χ2v) is 6.22. The number of nitrogens with one attached hydrogen (secondary N) is 1. The highest BCUT2D eigenvalue weighted by Gasteiger charge is 2.18. The summed E-state index contributed by atoms with van der Waals surface area (Å²) in [5.74, 6) is 0.709. The van der Waals surface area contributed by atoms with Gasteiger partial charge in [0.2, 0.25) is 0 Å². The first-order chi connectivity index (χ1) is 9.15. The van der Waals surface area contributed by atoms with E-state index in [-0.39, 0.29) is 0 Å². The number of aromatic nitrogens is 2. The van der Waals surface area contributed by atoms with Crippen molar-refractivity contribution in [2.45, 2.75) is 19.4 Å². The van der Waals surface area contributed by atoms with E-state index >= 15 is 0 Å². The zero-order valence-corrected chi connectivity index (χ0v) is 12.6. The Morgan fingerprint density at radius 2 is 2.11 bits per heavy atom. The summed E-state index contributed by atoms with van der Waals surface area (Å²) < 4.78 is 2.98. The zero-order valence-electron chi connectivity index (χ0n) is 11.0. The maximum absolute atomic E-state index is 6.21. The highest BCUT2D eigenvalue weighted by atomic mass is 35.5. The number of aromatic amines is 1. The highest BCUT2D eigenvalue weighted by Crippen LogP contribution is 2.25. The lowest BCUT2D eigenvalue weighted by Gasteiger charge is -2.29. The molecular weight excluding hydrogens is 278 g/mol. The molecule has 0 atom stereocenters. The van der Waals surface area contributed by atoms with Crippen molar-refractivity contribution in [1.82, 2.24) is 14.5 Å². The lowest BCUT2D eigenvalue weighted by molar-refractivity contribution is 0.206. The molecule has 2 aromatic rings. The molecule has 1 aliphatic heterocycles. The van der Waals surface area contributed by atoms with Gasteiger partial charge in [0.25, 0.3) is 0 Å². The molecule has 0 unspecified atom stereocenters. The number of piperidine rings is 1. The lowest BCUT2D eigenvalue weighted by atomic mass is 9.97. The van der Waals surface area contributed by atoms with Crippen molar-refractivity contribution in [3.05, 3.63) is 28.0 Å². The van der Waals surface area contributed by atoms with Gasteiger partial charge in [-0.05, 0) is 63.2 Å². The third kappa shape index (κ3) is 2.57. The normalized spacial score (nSPS) is 18.2. The third-order valence-corrected chi connectivity index (χ3v) is 4.68. The second-order valence-electron chi connectivity index (χ2n) is 5.42. The Labute approximate surface area is 123 Å². The van der Waals surface area contributed by atoms with Gasteiger partial charge in [-0.2, -0.15) is 0 Å². The monoisotopic (exact) mass is 295 g/mol. The fourth-order valence-electron chi connectivity index (χ4n) is 2.83. The number of hydrogen-bond acceptors (Lipinski definition) is 2. The van der Waals surface area contributed by atoms with E-state index < -0.39 is 0 Å². The SMILES string of the molecule is CN1CCC(Cn2c(=S)[nH]c3c(Cl)cccc32)CC1. The summed E-state index contributed by atoms with van der Waals surface area (Å²) in [7, 11) is 2.19. The summed E-state index contributed by atoms with van der Waals surface area (Å²) in [5.41, 5.74) is 2.08. The second kappa shape index (κ2) is 5.27. The fraction of sp³-hybridized carbons (Fsp3) is 0.500. The first-order valence-electron chi connectivity index (χ1n) is 6.70. The predicted octanol–water partition coefficient (Wildman–Crippen LogP) is 3.69. The van der Waals surface area contributed by atoms with Crippen LogP contribution in [0.2, 0.25) is 5.02 Å². The average molecular weight is 296 g/mol. The van der Waals surface area contributed by atoms with Crippen molar-refractivity contribution in [3.63, 3.8) is 0 Å². The van der Waals surface area contributed by atoms with Gasteiger partial charge in [0.1, 0.15) is 0 Å². The van der Waals surface area contributed by atoms with E-state index in [4.69, 9.17) is 23.8 Å². The van der Waals surface area contributed by atoms with Crippen LogP contribution in [0.25, 0.3) is 11.0 Å². The van der Waals surface area contributed by atoms with Crippen molar-refractivity contribution < 1.29 is 0 Å². The Hall–Kier alpha value is -0.840. The summed E-state index contributed by atoms with van der Waals surface area (Å²) in [6, 6.07) is 5.97. The number of hydrogen-bond donors (Lipinski definition) is 1. The van der Waals surface area contributed by atoms with Gasteiger partial charge >= 0.3 is 0 Å². The van der Waals surface area contributed by atoms with Gasteiger partial charge in [-0.3, -0.25) is 0 Å². The van der Waals surface area contributed by atoms with Gasteiger partial charge in [-0.25, -0.2) is 0 Å². The average Bonchev–Trinajstić information content (AvgIpc) is 2.71. The van der Waals surface area contributed by atoms with E-state index in [0.717, 1.165) is 27.4 Å². The molecule has 3 nitrogen and oxygen atoms in total. The minimum atomic E-state index is 0.709. The summed E-state index contributed by atoms with van der Waals surface area (Å²) in [6.07, 6.45) is 2.48. The minimum Gasteiger partial charge on any atom is -0.329 e. The molecule has 1 saturated heterocycles. The van der Waals surface area contributed by atoms with E-state index in [1.807, 2.05) is 12.1 Å². The topological polar surface area (TPSA) is 24.0 Å². The minimum absolute atomic E-state index is 0.709. The molecule has 2 heterocycles. The van der Waals surface area contributed by atoms with Crippen molar-refractivity contribution in [2.24, 2.45) is 5.92 Å². The van der Waals surface area contributed by atoms with Crippen LogP contribution in [-0.2, 0) is 6.54 Å². The molecule has 1 aromatic carbocycles. The van der Waals surface area contributed by atoms with Crippen LogP contribution in [0.3, 0.4) is 0 Å². The van der Waals surface area contributed by atoms with Gasteiger partial charge in [0.15, 0.2) is 4.77 Å². The van der Waals surface area contributed by atoms with Gasteiger partial charge in [-0.15, -0.1) is 0 Å². The number of rotatable bonds is 2. The van der Waals surface area contributed by atoms with Crippen LogP contribution in [-0.4, -0.2) is 34.6 Å². The number of H-pyrrole nitrogens is 1. The Morgan fingerprint density at radius 3 is 2.84 bits per heavy atom. The molecule has 3 rings (SSSR count). The van der Waals surface area contributed by atoms with Crippen LogP contribution in [0.1, 0.15) is 12.8 Å². The smallest absolute Gasteiger partial charge is 0.178 e. The summed E-state index contributed by atoms with van der Waals surface area (Å²) in [6.45, 7) is 3.36. The molecular formula is C14H18ClN3S. The number of fused-ring (bicyclic) bond motifs is 1. The molecule has 19 heavy (non-hydrogen) atoms. The molecule has 5 heteroatoms. The number of likely N-dealkylation sites (tertiary alicyclic amines) is 1. The van der Waals surface area contributed by atoms with Crippen molar-refractivity contribution in [1.29, 1.82) is 0 Å². The zero-order chi connectivity index (χ0) is 13.4. The summed E-state index contributed by atoms with van der Waals surface area (Å²) in [5, 5.41) is 0.741. The van der Waals surface area contributed by atoms with Crippen LogP contribution in [0.4, 0.5) is 0 Å². The van der Waals surface area contributed by atoms with Gasteiger partial charge < -0.3 is 14.5 Å². The number of nitrogens with zero attached hydrogens (tertiary/aromatic N) is 2. The molecule has 0 bridgehead atoms. The summed E-state index contributed by atoms with van der Waals surface area (Å²) in [4.78, 5) is 5.62. The molecule has 0 amide bonds. The molecule has 1 N–H and O–H groups in total. The maximum Gasteiger partial charge on any atom is 0.178 e. The number of para-hydroxylation sites is 1. The van der Waals surface area contributed by atoms with Gasteiger partial charge in [0.05, 0.1) is 16.1 Å². The number of imidazole rings is 1. The first-order valence-corrected chi connectivity index (χ1v) is 7.49. The van der Waals surface area contributed by atoms with E-state index in [0.29, 0.717) is 5.92 Å². The largest absolute Gasteiger partial charge is 0.329 e. The first kappa shape index (κ1) is 13.2. The van der Waals surface area contributed by atoms with Crippen LogP contribution in [0.5, 0.6) is 0 Å².